The highest BCUT2D eigenvalue weighted by molar-refractivity contribution is 5.90. The number of nitrogens with one attached hydrogen (secondary N) is 1. The number of carboxylic acids is 1. The van der Waals surface area contributed by atoms with Crippen molar-refractivity contribution in [2.75, 3.05) is 7.11 Å². The first-order valence-electron chi connectivity index (χ1n) is 6.72. The van der Waals surface area contributed by atoms with Gasteiger partial charge in [0.25, 0.3) is 0 Å². The summed E-state index contributed by atoms with van der Waals surface area (Å²) in [6.07, 6.45) is 4.36. The maximum absolute atomic E-state index is 10.9. The molecule has 0 aliphatic rings. The predicted molar refractivity (Wildman–Crippen MR) is 79.0 cm³/mol. The van der Waals surface area contributed by atoms with E-state index in [9.17, 15) is 4.79 Å². The summed E-state index contributed by atoms with van der Waals surface area (Å²) in [4.78, 5) is 26.7. The van der Waals surface area contributed by atoms with Crippen LogP contribution < -0.4 is 4.74 Å². The van der Waals surface area contributed by atoms with Crippen LogP contribution >= 0.6 is 0 Å². The lowest BCUT2D eigenvalue weighted by molar-refractivity contribution is 0.0696. The Morgan fingerprint density at radius 1 is 1.32 bits per heavy atom. The number of hydrogen-bond donors (Lipinski definition) is 2. The molecule has 0 bridgehead atoms. The zero-order valence-corrected chi connectivity index (χ0v) is 11.9. The van der Waals surface area contributed by atoms with E-state index in [0.29, 0.717) is 24.0 Å². The van der Waals surface area contributed by atoms with Crippen LogP contribution in [0.3, 0.4) is 0 Å². The van der Waals surface area contributed by atoms with E-state index in [1.807, 2.05) is 6.07 Å². The van der Waals surface area contributed by atoms with Crippen LogP contribution in [0.15, 0.2) is 30.6 Å². The van der Waals surface area contributed by atoms with Crippen LogP contribution in [0.4, 0.5) is 0 Å². The number of rotatable bonds is 5. The summed E-state index contributed by atoms with van der Waals surface area (Å²) in [7, 11) is 1.62. The molecule has 3 aromatic rings. The van der Waals surface area contributed by atoms with Crippen molar-refractivity contribution in [3.05, 3.63) is 47.7 Å². The molecule has 0 aliphatic heterocycles. The molecule has 0 fully saturated rings. The van der Waals surface area contributed by atoms with Crippen LogP contribution in [0.25, 0.3) is 11.2 Å². The number of aromatic nitrogens is 4. The first-order chi connectivity index (χ1) is 10.7. The van der Waals surface area contributed by atoms with Gasteiger partial charge in [0.15, 0.2) is 5.65 Å². The van der Waals surface area contributed by atoms with Crippen LogP contribution in [-0.4, -0.2) is 38.1 Å². The summed E-state index contributed by atoms with van der Waals surface area (Å²) in [5, 5.41) is 8.96. The summed E-state index contributed by atoms with van der Waals surface area (Å²) in [6, 6.07) is 5.20. The molecule has 0 saturated heterocycles. The Kier molecular flexibility index (Phi) is 3.69. The maximum Gasteiger partial charge on any atom is 0.337 e. The van der Waals surface area contributed by atoms with E-state index < -0.39 is 5.97 Å². The number of methoxy groups -OCH3 is 1. The van der Waals surface area contributed by atoms with E-state index in [0.717, 1.165) is 17.3 Å². The SMILES string of the molecule is COc1ccnc(CCc2nc3ncc(C(=O)O)cc3[nH]2)c1. The number of H-pyrrole nitrogens is 1. The second kappa shape index (κ2) is 5.80. The lowest BCUT2D eigenvalue weighted by atomic mass is 10.2. The standard InChI is InChI=1S/C15H14N4O3/c1-22-11-4-5-16-10(7-11)2-3-13-18-12-6-9(15(20)21)8-17-14(12)19-13/h4-8H,2-3H2,1H3,(H,20,21)(H,17,18,19). The van der Waals surface area contributed by atoms with Gasteiger partial charge in [0.2, 0.25) is 0 Å². The minimum Gasteiger partial charge on any atom is -0.497 e. The number of pyridine rings is 2. The van der Waals surface area contributed by atoms with E-state index in [1.54, 1.807) is 19.4 Å². The average molecular weight is 298 g/mol. The van der Waals surface area contributed by atoms with Crippen LogP contribution in [0, 0.1) is 0 Å². The van der Waals surface area contributed by atoms with E-state index in [1.165, 1.54) is 12.3 Å². The number of fused-ring (bicyclic) bond motifs is 1. The Morgan fingerprint density at radius 3 is 2.95 bits per heavy atom. The number of hydrogen-bond acceptors (Lipinski definition) is 5. The lowest BCUT2D eigenvalue weighted by Crippen LogP contribution is -1.96. The summed E-state index contributed by atoms with van der Waals surface area (Å²) in [5.41, 5.74) is 2.17. The lowest BCUT2D eigenvalue weighted by Gasteiger charge is -2.02. The molecule has 7 nitrogen and oxygen atoms in total. The molecule has 0 aliphatic carbocycles. The van der Waals surface area contributed by atoms with Gasteiger partial charge in [-0.05, 0) is 18.6 Å². The molecule has 0 aromatic carbocycles. The highest BCUT2D eigenvalue weighted by Gasteiger charge is 2.09. The summed E-state index contributed by atoms with van der Waals surface area (Å²) >= 11 is 0. The molecular formula is C15H14N4O3. The molecule has 7 heteroatoms. The average Bonchev–Trinajstić information content (AvgIpc) is 2.95. The van der Waals surface area contributed by atoms with Crippen molar-refractivity contribution in [1.29, 1.82) is 0 Å². The fourth-order valence-corrected chi connectivity index (χ4v) is 2.15. The van der Waals surface area contributed by atoms with Gasteiger partial charge >= 0.3 is 5.97 Å². The topological polar surface area (TPSA) is 101 Å². The van der Waals surface area contributed by atoms with Gasteiger partial charge in [0, 0.05) is 30.6 Å². The number of aromatic carboxylic acids is 1. The van der Waals surface area contributed by atoms with E-state index in [2.05, 4.69) is 19.9 Å². The van der Waals surface area contributed by atoms with Crippen molar-refractivity contribution in [3.63, 3.8) is 0 Å². The molecule has 22 heavy (non-hydrogen) atoms. The number of imidazole rings is 1. The van der Waals surface area contributed by atoms with Gasteiger partial charge < -0.3 is 14.8 Å². The van der Waals surface area contributed by atoms with Gasteiger partial charge in [-0.15, -0.1) is 0 Å². The first-order valence-corrected chi connectivity index (χ1v) is 6.72. The number of carbonyl (C=O) groups is 1. The van der Waals surface area contributed by atoms with E-state index in [4.69, 9.17) is 9.84 Å². The minimum atomic E-state index is -1.01. The fourth-order valence-electron chi connectivity index (χ4n) is 2.15. The van der Waals surface area contributed by atoms with Gasteiger partial charge in [0.05, 0.1) is 18.2 Å². The summed E-state index contributed by atoms with van der Waals surface area (Å²) < 4.78 is 5.16. The van der Waals surface area contributed by atoms with Crippen molar-refractivity contribution in [2.45, 2.75) is 12.8 Å². The second-order valence-corrected chi connectivity index (χ2v) is 4.77. The number of nitrogens with zero attached hydrogens (tertiary/aromatic N) is 3. The first kappa shape index (κ1) is 14.0. The van der Waals surface area contributed by atoms with E-state index in [-0.39, 0.29) is 5.56 Å². The molecule has 3 aromatic heterocycles. The minimum absolute atomic E-state index is 0.136. The van der Waals surface area contributed by atoms with Gasteiger partial charge in [-0.25, -0.2) is 14.8 Å². The van der Waals surface area contributed by atoms with Crippen LogP contribution in [0.2, 0.25) is 0 Å². The van der Waals surface area contributed by atoms with Crippen molar-refractivity contribution in [1.82, 2.24) is 19.9 Å². The fraction of sp³-hybridized carbons (Fsp3) is 0.200. The molecule has 2 N–H and O–H groups in total. The Bertz CT molecular complexity index is 829. The molecule has 0 unspecified atom stereocenters. The molecule has 112 valence electrons. The molecule has 0 radical (unpaired) electrons. The molecule has 0 atom stereocenters. The van der Waals surface area contributed by atoms with Crippen molar-refractivity contribution < 1.29 is 14.6 Å². The molecular weight excluding hydrogens is 284 g/mol. The Morgan fingerprint density at radius 2 is 2.18 bits per heavy atom. The smallest absolute Gasteiger partial charge is 0.337 e. The van der Waals surface area contributed by atoms with Crippen LogP contribution in [-0.2, 0) is 12.8 Å². The third-order valence-corrected chi connectivity index (χ3v) is 3.28. The highest BCUT2D eigenvalue weighted by Crippen LogP contribution is 2.14. The van der Waals surface area contributed by atoms with Crippen molar-refractivity contribution in [2.24, 2.45) is 0 Å². The quantitative estimate of drug-likeness (QED) is 0.745. The Balaban J connectivity index is 1.77. The molecule has 3 heterocycles. The monoisotopic (exact) mass is 298 g/mol. The van der Waals surface area contributed by atoms with Gasteiger partial charge in [0.1, 0.15) is 11.6 Å². The van der Waals surface area contributed by atoms with Crippen LogP contribution in [0.5, 0.6) is 5.75 Å². The predicted octanol–water partition coefficient (Wildman–Crippen LogP) is 1.84. The molecule has 0 saturated carbocycles. The third kappa shape index (κ3) is 2.88. The highest BCUT2D eigenvalue weighted by atomic mass is 16.5. The number of aromatic amines is 1. The van der Waals surface area contributed by atoms with Crippen molar-refractivity contribution >= 4 is 17.1 Å². The third-order valence-electron chi connectivity index (χ3n) is 3.28. The summed E-state index contributed by atoms with van der Waals surface area (Å²) in [6.45, 7) is 0. The molecule has 0 spiro atoms. The van der Waals surface area contributed by atoms with E-state index >= 15 is 0 Å². The second-order valence-electron chi connectivity index (χ2n) is 4.77. The Hall–Kier alpha value is -2.96. The van der Waals surface area contributed by atoms with Gasteiger partial charge in [-0.3, -0.25) is 4.98 Å². The number of ether oxygens (including phenoxy) is 1. The largest absolute Gasteiger partial charge is 0.497 e. The summed E-state index contributed by atoms with van der Waals surface area (Å²) in [5.74, 6) is 0.503. The zero-order chi connectivity index (χ0) is 15.5. The van der Waals surface area contributed by atoms with Gasteiger partial charge in [-0.2, -0.15) is 0 Å². The normalized spacial score (nSPS) is 10.8. The van der Waals surface area contributed by atoms with Crippen LogP contribution in [0.1, 0.15) is 21.9 Å². The Labute approximate surface area is 126 Å². The van der Waals surface area contributed by atoms with Gasteiger partial charge in [-0.1, -0.05) is 0 Å². The number of aryl methyl sites for hydroxylation is 2. The molecule has 3 rings (SSSR count). The number of carboxylic acid groups (broad SMARTS) is 1. The molecule has 0 amide bonds. The maximum atomic E-state index is 10.9. The van der Waals surface area contributed by atoms with Crippen molar-refractivity contribution in [3.8, 4) is 5.75 Å². The zero-order valence-electron chi connectivity index (χ0n) is 11.9.